The van der Waals surface area contributed by atoms with Crippen LogP contribution in [0.2, 0.25) is 0 Å². The summed E-state index contributed by atoms with van der Waals surface area (Å²) >= 11 is 4.78. The quantitative estimate of drug-likeness (QED) is 0.268. The SMILES string of the molecule is NNC(=S)N/N=C/c1c[nH]c2ccccc12. The van der Waals surface area contributed by atoms with Crippen molar-refractivity contribution >= 4 is 34.4 Å². The van der Waals surface area contributed by atoms with Crippen LogP contribution in [0.5, 0.6) is 0 Å². The number of benzene rings is 1. The summed E-state index contributed by atoms with van der Waals surface area (Å²) in [5, 5.41) is 5.34. The maximum absolute atomic E-state index is 5.09. The summed E-state index contributed by atoms with van der Waals surface area (Å²) in [4.78, 5) is 3.15. The molecule has 1 aromatic carbocycles. The molecule has 0 bridgehead atoms. The number of nitrogens with zero attached hydrogens (tertiary/aromatic N) is 1. The summed E-state index contributed by atoms with van der Waals surface area (Å²) in [5.74, 6) is 5.09. The van der Waals surface area contributed by atoms with Gasteiger partial charge >= 0.3 is 0 Å². The summed E-state index contributed by atoms with van der Waals surface area (Å²) in [6.45, 7) is 0. The molecule has 0 aliphatic heterocycles. The third-order valence-corrected chi connectivity index (χ3v) is 2.33. The van der Waals surface area contributed by atoms with Gasteiger partial charge in [0.05, 0.1) is 6.21 Å². The number of H-pyrrole nitrogens is 1. The number of fused-ring (bicyclic) bond motifs is 1. The molecule has 0 aliphatic carbocycles. The number of nitrogens with two attached hydrogens (primary N) is 1. The van der Waals surface area contributed by atoms with Gasteiger partial charge in [-0.1, -0.05) is 18.2 Å². The van der Waals surface area contributed by atoms with Gasteiger partial charge in [0.25, 0.3) is 0 Å². The lowest BCUT2D eigenvalue weighted by atomic mass is 10.2. The molecule has 0 spiro atoms. The molecule has 5 N–H and O–H groups in total. The first-order chi connectivity index (χ1) is 7.81. The van der Waals surface area contributed by atoms with Crippen LogP contribution in [0.15, 0.2) is 35.6 Å². The Kier molecular flexibility index (Phi) is 3.13. The van der Waals surface area contributed by atoms with Crippen LogP contribution in [0, 0.1) is 0 Å². The zero-order chi connectivity index (χ0) is 11.4. The highest BCUT2D eigenvalue weighted by Crippen LogP contribution is 2.15. The fourth-order valence-electron chi connectivity index (χ4n) is 1.39. The normalized spacial score (nSPS) is 10.8. The van der Waals surface area contributed by atoms with E-state index in [1.165, 1.54) is 0 Å². The zero-order valence-corrected chi connectivity index (χ0v) is 9.21. The Bertz CT molecular complexity index is 531. The number of nitrogens with one attached hydrogen (secondary N) is 3. The number of hydrazine groups is 1. The molecule has 6 heteroatoms. The Balaban J connectivity index is 2.18. The van der Waals surface area contributed by atoms with Crippen molar-refractivity contribution < 1.29 is 0 Å². The number of rotatable bonds is 2. The molecule has 0 atom stereocenters. The van der Waals surface area contributed by atoms with E-state index in [2.05, 4.69) is 20.9 Å². The van der Waals surface area contributed by atoms with Crippen molar-refractivity contribution in [2.75, 3.05) is 0 Å². The van der Waals surface area contributed by atoms with Crippen molar-refractivity contribution in [1.82, 2.24) is 15.8 Å². The molecular weight excluding hydrogens is 222 g/mol. The van der Waals surface area contributed by atoms with Crippen molar-refractivity contribution in [3.8, 4) is 0 Å². The molecule has 0 amide bonds. The molecule has 82 valence electrons. The molecule has 5 nitrogen and oxygen atoms in total. The zero-order valence-electron chi connectivity index (χ0n) is 8.40. The van der Waals surface area contributed by atoms with Crippen LogP contribution in [-0.2, 0) is 0 Å². The maximum atomic E-state index is 5.09. The average molecular weight is 233 g/mol. The number of hydrogen-bond acceptors (Lipinski definition) is 3. The van der Waals surface area contributed by atoms with Gasteiger partial charge in [-0.25, -0.2) is 5.84 Å². The fourth-order valence-corrected chi connectivity index (χ4v) is 1.45. The van der Waals surface area contributed by atoms with Crippen molar-refractivity contribution in [2.45, 2.75) is 0 Å². The maximum Gasteiger partial charge on any atom is 0.201 e. The number of hydrogen-bond donors (Lipinski definition) is 4. The van der Waals surface area contributed by atoms with Gasteiger partial charge in [-0.2, -0.15) is 5.10 Å². The number of aromatic nitrogens is 1. The first-order valence-electron chi connectivity index (χ1n) is 4.67. The molecule has 0 saturated heterocycles. The van der Waals surface area contributed by atoms with Crippen LogP contribution in [-0.4, -0.2) is 16.3 Å². The molecular formula is C10H11N5S. The molecule has 2 aromatic rings. The van der Waals surface area contributed by atoms with Crippen LogP contribution >= 0.6 is 12.2 Å². The lowest BCUT2D eigenvalue weighted by Gasteiger charge is -1.98. The predicted octanol–water partition coefficient (Wildman–Crippen LogP) is 0.840. The second-order valence-electron chi connectivity index (χ2n) is 3.13. The van der Waals surface area contributed by atoms with E-state index in [4.69, 9.17) is 18.1 Å². The Labute approximate surface area is 97.7 Å². The summed E-state index contributed by atoms with van der Waals surface area (Å²) in [6.07, 6.45) is 3.57. The highest BCUT2D eigenvalue weighted by Gasteiger charge is 1.99. The average Bonchev–Trinajstić information content (AvgIpc) is 2.73. The Morgan fingerprint density at radius 2 is 2.25 bits per heavy atom. The summed E-state index contributed by atoms with van der Waals surface area (Å²) < 4.78 is 0. The second-order valence-corrected chi connectivity index (χ2v) is 3.54. The van der Waals surface area contributed by atoms with Crippen LogP contribution in [0.25, 0.3) is 10.9 Å². The van der Waals surface area contributed by atoms with E-state index in [0.29, 0.717) is 0 Å². The van der Waals surface area contributed by atoms with Gasteiger partial charge in [-0.15, -0.1) is 0 Å². The van der Waals surface area contributed by atoms with E-state index >= 15 is 0 Å². The molecule has 0 radical (unpaired) electrons. The van der Waals surface area contributed by atoms with E-state index in [1.807, 2.05) is 30.5 Å². The van der Waals surface area contributed by atoms with E-state index in [0.717, 1.165) is 16.5 Å². The number of hydrazone groups is 1. The highest BCUT2D eigenvalue weighted by atomic mass is 32.1. The van der Waals surface area contributed by atoms with Crippen LogP contribution in [0.4, 0.5) is 0 Å². The Morgan fingerprint density at radius 3 is 3.06 bits per heavy atom. The molecule has 1 aromatic heterocycles. The highest BCUT2D eigenvalue weighted by molar-refractivity contribution is 7.80. The van der Waals surface area contributed by atoms with E-state index < -0.39 is 0 Å². The topological polar surface area (TPSA) is 78.2 Å². The van der Waals surface area contributed by atoms with Gasteiger partial charge < -0.3 is 4.98 Å². The van der Waals surface area contributed by atoms with Crippen molar-refractivity contribution in [1.29, 1.82) is 0 Å². The minimum atomic E-state index is 0.274. The Morgan fingerprint density at radius 1 is 1.44 bits per heavy atom. The number of thiocarbonyl (C=S) groups is 1. The van der Waals surface area contributed by atoms with Gasteiger partial charge in [-0.3, -0.25) is 10.9 Å². The van der Waals surface area contributed by atoms with Crippen molar-refractivity contribution in [2.24, 2.45) is 10.9 Å². The minimum Gasteiger partial charge on any atom is -0.361 e. The molecule has 16 heavy (non-hydrogen) atoms. The van der Waals surface area contributed by atoms with Gasteiger partial charge in [0.15, 0.2) is 0 Å². The van der Waals surface area contributed by atoms with Crippen LogP contribution in [0.1, 0.15) is 5.56 Å². The first-order valence-corrected chi connectivity index (χ1v) is 5.08. The van der Waals surface area contributed by atoms with Gasteiger partial charge in [0.1, 0.15) is 0 Å². The molecule has 0 fully saturated rings. The third-order valence-electron chi connectivity index (χ3n) is 2.12. The van der Waals surface area contributed by atoms with Crippen LogP contribution < -0.4 is 16.7 Å². The summed E-state index contributed by atoms with van der Waals surface area (Å²) in [6, 6.07) is 7.98. The van der Waals surface area contributed by atoms with E-state index in [9.17, 15) is 0 Å². The first kappa shape index (κ1) is 10.6. The van der Waals surface area contributed by atoms with E-state index in [-0.39, 0.29) is 5.11 Å². The van der Waals surface area contributed by atoms with Crippen molar-refractivity contribution in [3.05, 3.63) is 36.0 Å². The standard InChI is InChI=1S/C10H11N5S/c11-14-10(16)15-13-6-7-5-12-9-4-2-1-3-8(7)9/h1-6,12H,11H2,(H2,14,15,16)/b13-6+. The number of para-hydroxylation sites is 1. The van der Waals surface area contributed by atoms with Gasteiger partial charge in [0, 0.05) is 22.7 Å². The third kappa shape index (κ3) is 2.18. The lowest BCUT2D eigenvalue weighted by Crippen LogP contribution is -2.37. The summed E-state index contributed by atoms with van der Waals surface area (Å²) in [5.41, 5.74) is 6.93. The minimum absolute atomic E-state index is 0.274. The van der Waals surface area contributed by atoms with Crippen LogP contribution in [0.3, 0.4) is 0 Å². The molecule has 0 unspecified atom stereocenters. The number of aromatic amines is 1. The molecule has 2 rings (SSSR count). The Hall–Kier alpha value is -1.92. The second kappa shape index (κ2) is 4.73. The molecule has 0 aliphatic rings. The lowest BCUT2D eigenvalue weighted by molar-refractivity contribution is 0.930. The fraction of sp³-hybridized carbons (Fsp3) is 0. The van der Waals surface area contributed by atoms with Gasteiger partial charge in [-0.05, 0) is 18.3 Å². The monoisotopic (exact) mass is 233 g/mol. The molecule has 0 saturated carbocycles. The summed E-state index contributed by atoms with van der Waals surface area (Å²) in [7, 11) is 0. The van der Waals surface area contributed by atoms with Crippen molar-refractivity contribution in [3.63, 3.8) is 0 Å². The van der Waals surface area contributed by atoms with Gasteiger partial charge in [0.2, 0.25) is 5.11 Å². The smallest absolute Gasteiger partial charge is 0.201 e. The van der Waals surface area contributed by atoms with E-state index in [1.54, 1.807) is 6.21 Å². The predicted molar refractivity (Wildman–Crippen MR) is 68.9 cm³/mol. The molecule has 1 heterocycles. The largest absolute Gasteiger partial charge is 0.361 e.